The van der Waals surface area contributed by atoms with Crippen LogP contribution in [0.25, 0.3) is 0 Å². The Labute approximate surface area is 232 Å². The van der Waals surface area contributed by atoms with Gasteiger partial charge in [-0.25, -0.2) is 0 Å². The standard InChI is InChI=1S/C29H32ClN3O4S/c1-2-3-16-31-29(35)27(18-22-8-5-4-6-9-22)32(19-24-10-7-11-25(30)17-24)28(34)21-38-20-23-12-14-26(15-13-23)33(36)37/h4-15,17,27H,2-3,16,18-21H2,1H3,(H,31,35)/t27-/m0/s1. The summed E-state index contributed by atoms with van der Waals surface area (Å²) < 4.78 is 0. The molecule has 38 heavy (non-hydrogen) atoms. The van der Waals surface area contributed by atoms with Crippen molar-refractivity contribution in [2.45, 2.75) is 44.5 Å². The van der Waals surface area contributed by atoms with Crippen molar-refractivity contribution in [2.75, 3.05) is 12.3 Å². The summed E-state index contributed by atoms with van der Waals surface area (Å²) in [4.78, 5) is 39.2. The van der Waals surface area contributed by atoms with Crippen LogP contribution >= 0.6 is 23.4 Å². The van der Waals surface area contributed by atoms with Gasteiger partial charge in [-0.2, -0.15) is 0 Å². The molecule has 0 aliphatic rings. The van der Waals surface area contributed by atoms with E-state index in [1.54, 1.807) is 29.2 Å². The molecule has 0 saturated heterocycles. The first kappa shape index (κ1) is 29.2. The second-order valence-corrected chi connectivity index (χ2v) is 10.3. The third kappa shape index (κ3) is 9.19. The highest BCUT2D eigenvalue weighted by Gasteiger charge is 2.30. The molecule has 0 heterocycles. The lowest BCUT2D eigenvalue weighted by Gasteiger charge is -2.31. The number of nitro benzene ring substituents is 1. The average molecular weight is 554 g/mol. The molecule has 7 nitrogen and oxygen atoms in total. The van der Waals surface area contributed by atoms with Crippen molar-refractivity contribution < 1.29 is 14.5 Å². The van der Waals surface area contributed by atoms with Crippen LogP contribution in [-0.4, -0.2) is 40.0 Å². The number of thioether (sulfide) groups is 1. The van der Waals surface area contributed by atoms with Crippen LogP contribution in [-0.2, 0) is 28.3 Å². The van der Waals surface area contributed by atoms with E-state index in [1.807, 2.05) is 42.5 Å². The Morgan fingerprint density at radius 2 is 1.71 bits per heavy atom. The van der Waals surface area contributed by atoms with Crippen molar-refractivity contribution in [1.82, 2.24) is 10.2 Å². The summed E-state index contributed by atoms with van der Waals surface area (Å²) in [7, 11) is 0. The molecule has 3 aromatic carbocycles. The summed E-state index contributed by atoms with van der Waals surface area (Å²) >= 11 is 7.63. The Hall–Kier alpha value is -3.36. The van der Waals surface area contributed by atoms with Gasteiger partial charge in [0.15, 0.2) is 0 Å². The summed E-state index contributed by atoms with van der Waals surface area (Å²) in [5.74, 6) is 0.327. The maximum absolute atomic E-state index is 13.6. The summed E-state index contributed by atoms with van der Waals surface area (Å²) in [6, 6.07) is 22.6. The fourth-order valence-electron chi connectivity index (χ4n) is 3.95. The molecule has 0 bridgehead atoms. The first-order valence-corrected chi connectivity index (χ1v) is 14.1. The first-order chi connectivity index (χ1) is 18.4. The van der Waals surface area contributed by atoms with Crippen LogP contribution in [0.2, 0.25) is 5.02 Å². The van der Waals surface area contributed by atoms with Crippen LogP contribution in [0.3, 0.4) is 0 Å². The Morgan fingerprint density at radius 1 is 1.00 bits per heavy atom. The van der Waals surface area contributed by atoms with Crippen molar-refractivity contribution in [3.05, 3.63) is 111 Å². The third-order valence-electron chi connectivity index (χ3n) is 5.98. The normalized spacial score (nSPS) is 11.5. The Balaban J connectivity index is 1.80. The quantitative estimate of drug-likeness (QED) is 0.149. The lowest BCUT2D eigenvalue weighted by Crippen LogP contribution is -2.51. The van der Waals surface area contributed by atoms with Crippen LogP contribution in [0.1, 0.15) is 36.5 Å². The molecule has 0 unspecified atom stereocenters. The monoisotopic (exact) mass is 553 g/mol. The minimum Gasteiger partial charge on any atom is -0.354 e. The maximum Gasteiger partial charge on any atom is 0.269 e. The van der Waals surface area contributed by atoms with Crippen molar-refractivity contribution in [3.63, 3.8) is 0 Å². The summed E-state index contributed by atoms with van der Waals surface area (Å²) in [6.45, 7) is 2.86. The fourth-order valence-corrected chi connectivity index (χ4v) is 5.03. The number of carbonyl (C=O) groups excluding carboxylic acids is 2. The number of amides is 2. The lowest BCUT2D eigenvalue weighted by molar-refractivity contribution is -0.384. The van der Waals surface area contributed by atoms with Crippen LogP contribution < -0.4 is 5.32 Å². The molecule has 0 aromatic heterocycles. The molecule has 3 aromatic rings. The Kier molecular flexibility index (Phi) is 11.6. The summed E-state index contributed by atoms with van der Waals surface area (Å²) in [5, 5.41) is 14.5. The van der Waals surface area contributed by atoms with Crippen molar-refractivity contribution >= 4 is 40.9 Å². The van der Waals surface area contributed by atoms with E-state index in [0.29, 0.717) is 23.7 Å². The van der Waals surface area contributed by atoms with Gasteiger partial charge in [-0.3, -0.25) is 19.7 Å². The van der Waals surface area contributed by atoms with Crippen molar-refractivity contribution in [3.8, 4) is 0 Å². The molecule has 0 radical (unpaired) electrons. The van der Waals surface area contributed by atoms with Gasteiger partial charge in [0.05, 0.1) is 10.7 Å². The number of nitro groups is 1. The lowest BCUT2D eigenvalue weighted by atomic mass is 10.0. The smallest absolute Gasteiger partial charge is 0.269 e. The average Bonchev–Trinajstić information content (AvgIpc) is 2.91. The Bertz CT molecular complexity index is 1210. The van der Waals surface area contributed by atoms with Gasteiger partial charge in [0, 0.05) is 42.4 Å². The predicted octanol–water partition coefficient (Wildman–Crippen LogP) is 6.04. The molecule has 200 valence electrons. The molecule has 1 N–H and O–H groups in total. The number of nitrogens with zero attached hydrogens (tertiary/aromatic N) is 2. The number of halogens is 1. The van der Waals surface area contributed by atoms with E-state index in [-0.39, 0.29) is 29.8 Å². The minimum absolute atomic E-state index is 0.0281. The van der Waals surface area contributed by atoms with Crippen LogP contribution in [0, 0.1) is 10.1 Å². The van der Waals surface area contributed by atoms with Gasteiger partial charge >= 0.3 is 0 Å². The largest absolute Gasteiger partial charge is 0.354 e. The molecule has 0 saturated carbocycles. The number of hydrogen-bond donors (Lipinski definition) is 1. The zero-order chi connectivity index (χ0) is 27.3. The predicted molar refractivity (Wildman–Crippen MR) is 153 cm³/mol. The molecular formula is C29H32ClN3O4S. The zero-order valence-electron chi connectivity index (χ0n) is 21.3. The van der Waals surface area contributed by atoms with E-state index in [1.165, 1.54) is 23.9 Å². The number of carbonyl (C=O) groups is 2. The Morgan fingerprint density at radius 3 is 2.37 bits per heavy atom. The molecule has 0 fully saturated rings. The maximum atomic E-state index is 13.6. The second kappa shape index (κ2) is 15.1. The number of unbranched alkanes of at least 4 members (excludes halogenated alkanes) is 1. The van der Waals surface area contributed by atoms with Gasteiger partial charge in [-0.05, 0) is 35.2 Å². The number of benzene rings is 3. The van der Waals surface area contributed by atoms with Crippen LogP contribution in [0.15, 0.2) is 78.9 Å². The SMILES string of the molecule is CCCCNC(=O)[C@H](Cc1ccccc1)N(Cc1cccc(Cl)c1)C(=O)CSCc1ccc([N+](=O)[O-])cc1. The van der Waals surface area contributed by atoms with Crippen LogP contribution in [0.4, 0.5) is 5.69 Å². The van der Waals surface area contributed by atoms with Gasteiger partial charge in [-0.15, -0.1) is 11.8 Å². The fraction of sp³-hybridized carbons (Fsp3) is 0.310. The molecule has 3 rings (SSSR count). The zero-order valence-corrected chi connectivity index (χ0v) is 22.9. The van der Waals surface area contributed by atoms with Crippen molar-refractivity contribution in [2.24, 2.45) is 0 Å². The highest BCUT2D eigenvalue weighted by Crippen LogP contribution is 2.21. The van der Waals surface area contributed by atoms with E-state index in [0.717, 1.165) is 29.5 Å². The van der Waals surface area contributed by atoms with Gasteiger partial charge in [0.1, 0.15) is 6.04 Å². The second-order valence-electron chi connectivity index (χ2n) is 8.92. The van der Waals surface area contributed by atoms with Crippen molar-refractivity contribution in [1.29, 1.82) is 0 Å². The molecular weight excluding hydrogens is 522 g/mol. The van der Waals surface area contributed by atoms with E-state index in [4.69, 9.17) is 11.6 Å². The number of nitrogens with one attached hydrogen (secondary N) is 1. The summed E-state index contributed by atoms with van der Waals surface area (Å²) in [6.07, 6.45) is 2.20. The van der Waals surface area contributed by atoms with E-state index >= 15 is 0 Å². The topological polar surface area (TPSA) is 92.6 Å². The number of rotatable bonds is 14. The molecule has 0 aliphatic carbocycles. The van der Waals surface area contributed by atoms with E-state index in [9.17, 15) is 19.7 Å². The van der Waals surface area contributed by atoms with Gasteiger partial charge in [0.25, 0.3) is 5.69 Å². The van der Waals surface area contributed by atoms with E-state index in [2.05, 4.69) is 12.2 Å². The highest BCUT2D eigenvalue weighted by atomic mass is 35.5. The van der Waals surface area contributed by atoms with Crippen LogP contribution in [0.5, 0.6) is 0 Å². The van der Waals surface area contributed by atoms with Gasteiger partial charge in [-0.1, -0.05) is 79.5 Å². The third-order valence-corrected chi connectivity index (χ3v) is 7.21. The highest BCUT2D eigenvalue weighted by molar-refractivity contribution is 7.99. The number of hydrogen-bond acceptors (Lipinski definition) is 5. The summed E-state index contributed by atoms with van der Waals surface area (Å²) in [5.41, 5.74) is 2.71. The molecule has 0 spiro atoms. The number of non-ortho nitro benzene ring substituents is 1. The van der Waals surface area contributed by atoms with Gasteiger partial charge in [0.2, 0.25) is 11.8 Å². The molecule has 9 heteroatoms. The molecule has 2 amide bonds. The molecule has 0 aliphatic heterocycles. The van der Waals surface area contributed by atoms with Gasteiger partial charge < -0.3 is 10.2 Å². The molecule has 1 atom stereocenters. The first-order valence-electron chi connectivity index (χ1n) is 12.5. The van der Waals surface area contributed by atoms with E-state index < -0.39 is 11.0 Å². The minimum atomic E-state index is -0.694.